The van der Waals surface area contributed by atoms with E-state index in [9.17, 15) is 13.6 Å². The summed E-state index contributed by atoms with van der Waals surface area (Å²) in [7, 11) is 0. The van der Waals surface area contributed by atoms with Gasteiger partial charge in [-0.05, 0) is 19.4 Å². The summed E-state index contributed by atoms with van der Waals surface area (Å²) >= 11 is 0. The molecular formula is C13H16F2O3. The molecule has 18 heavy (non-hydrogen) atoms. The van der Waals surface area contributed by atoms with E-state index in [1.54, 1.807) is 25.1 Å². The van der Waals surface area contributed by atoms with Crippen molar-refractivity contribution in [3.05, 3.63) is 35.9 Å². The van der Waals surface area contributed by atoms with Gasteiger partial charge < -0.3 is 9.47 Å². The van der Waals surface area contributed by atoms with Crippen molar-refractivity contribution in [2.75, 3.05) is 13.2 Å². The number of ether oxygens (including phenoxy) is 2. The molecule has 1 rings (SSSR count). The van der Waals surface area contributed by atoms with Crippen LogP contribution < -0.4 is 0 Å². The predicted molar refractivity (Wildman–Crippen MR) is 62.4 cm³/mol. The fraction of sp³-hybridized carbons (Fsp3) is 0.462. The van der Waals surface area contributed by atoms with E-state index >= 15 is 0 Å². The van der Waals surface area contributed by atoms with Crippen LogP contribution in [0.5, 0.6) is 0 Å². The van der Waals surface area contributed by atoms with Crippen LogP contribution in [0.4, 0.5) is 8.78 Å². The minimum Gasteiger partial charge on any atom is -0.461 e. The van der Waals surface area contributed by atoms with Crippen molar-refractivity contribution in [3.8, 4) is 0 Å². The molecule has 0 spiro atoms. The van der Waals surface area contributed by atoms with Crippen molar-refractivity contribution < 1.29 is 23.0 Å². The SMILES string of the molecule is CCOC(=O)C(F)(F)C(OCC)c1ccccc1. The van der Waals surface area contributed by atoms with Crippen molar-refractivity contribution in [3.63, 3.8) is 0 Å². The minimum atomic E-state index is -3.70. The van der Waals surface area contributed by atoms with Crippen LogP contribution in [0.15, 0.2) is 30.3 Å². The molecule has 0 aliphatic carbocycles. The third kappa shape index (κ3) is 3.26. The van der Waals surface area contributed by atoms with E-state index in [-0.39, 0.29) is 18.8 Å². The second kappa shape index (κ2) is 6.44. The van der Waals surface area contributed by atoms with Gasteiger partial charge in [-0.3, -0.25) is 0 Å². The molecule has 1 atom stereocenters. The highest BCUT2D eigenvalue weighted by atomic mass is 19.3. The first kappa shape index (κ1) is 14.6. The number of alkyl halides is 2. The lowest BCUT2D eigenvalue weighted by Crippen LogP contribution is -2.38. The summed E-state index contributed by atoms with van der Waals surface area (Å²) in [4.78, 5) is 11.3. The maximum absolute atomic E-state index is 13.9. The first-order valence-electron chi connectivity index (χ1n) is 5.75. The summed E-state index contributed by atoms with van der Waals surface area (Å²) in [5.74, 6) is -5.26. The van der Waals surface area contributed by atoms with Crippen LogP contribution >= 0.6 is 0 Å². The molecule has 0 N–H and O–H groups in total. The van der Waals surface area contributed by atoms with E-state index in [4.69, 9.17) is 4.74 Å². The standard InChI is InChI=1S/C13H16F2O3/c1-3-17-11(10-8-6-5-7-9-10)13(14,15)12(16)18-4-2/h5-9,11H,3-4H2,1-2H3. The highest BCUT2D eigenvalue weighted by Gasteiger charge is 2.50. The lowest BCUT2D eigenvalue weighted by molar-refractivity contribution is -0.195. The average Bonchev–Trinajstić information content (AvgIpc) is 2.37. The van der Waals surface area contributed by atoms with Gasteiger partial charge in [0, 0.05) is 6.61 Å². The van der Waals surface area contributed by atoms with Crippen molar-refractivity contribution in [1.29, 1.82) is 0 Å². The van der Waals surface area contributed by atoms with Gasteiger partial charge in [0.05, 0.1) is 6.61 Å². The Kier molecular flexibility index (Phi) is 5.22. The van der Waals surface area contributed by atoms with Gasteiger partial charge in [-0.1, -0.05) is 30.3 Å². The second-order valence-electron chi connectivity index (χ2n) is 3.59. The van der Waals surface area contributed by atoms with Gasteiger partial charge in [-0.2, -0.15) is 8.78 Å². The number of rotatable bonds is 6. The lowest BCUT2D eigenvalue weighted by Gasteiger charge is -2.25. The third-order valence-corrected chi connectivity index (χ3v) is 2.31. The van der Waals surface area contributed by atoms with E-state index in [2.05, 4.69) is 4.74 Å². The van der Waals surface area contributed by atoms with Crippen molar-refractivity contribution in [2.45, 2.75) is 25.9 Å². The summed E-state index contributed by atoms with van der Waals surface area (Å²) < 4.78 is 37.3. The van der Waals surface area contributed by atoms with Gasteiger partial charge in [-0.25, -0.2) is 4.79 Å². The van der Waals surface area contributed by atoms with E-state index in [0.29, 0.717) is 0 Å². The summed E-state index contributed by atoms with van der Waals surface area (Å²) in [5, 5.41) is 0. The lowest BCUT2D eigenvalue weighted by atomic mass is 10.0. The molecule has 100 valence electrons. The number of hydrogen-bond donors (Lipinski definition) is 0. The molecule has 0 saturated heterocycles. The quantitative estimate of drug-likeness (QED) is 0.736. The molecule has 0 bridgehead atoms. The molecule has 0 amide bonds. The highest BCUT2D eigenvalue weighted by Crippen LogP contribution is 2.35. The van der Waals surface area contributed by atoms with Gasteiger partial charge >= 0.3 is 11.9 Å². The van der Waals surface area contributed by atoms with Crippen LogP contribution in [0.3, 0.4) is 0 Å². The maximum atomic E-state index is 13.9. The molecule has 0 saturated carbocycles. The molecule has 0 radical (unpaired) electrons. The largest absolute Gasteiger partial charge is 0.461 e. The molecule has 1 aromatic rings. The smallest absolute Gasteiger partial charge is 0.380 e. The van der Waals surface area contributed by atoms with Crippen LogP contribution in [0.25, 0.3) is 0 Å². The molecular weight excluding hydrogens is 242 g/mol. The Balaban J connectivity index is 3.01. The van der Waals surface area contributed by atoms with Gasteiger partial charge in [0.25, 0.3) is 0 Å². The summed E-state index contributed by atoms with van der Waals surface area (Å²) in [5.41, 5.74) is 0.248. The molecule has 1 aromatic carbocycles. The zero-order valence-corrected chi connectivity index (χ0v) is 10.4. The average molecular weight is 258 g/mol. The monoisotopic (exact) mass is 258 g/mol. The summed E-state index contributed by atoms with van der Waals surface area (Å²) in [6, 6.07) is 7.92. The fourth-order valence-electron chi connectivity index (χ4n) is 1.54. The fourth-order valence-corrected chi connectivity index (χ4v) is 1.54. The number of carbonyl (C=O) groups excluding carboxylic acids is 1. The second-order valence-corrected chi connectivity index (χ2v) is 3.59. The molecule has 0 aliphatic heterocycles. The number of hydrogen-bond acceptors (Lipinski definition) is 3. The van der Waals surface area contributed by atoms with Crippen LogP contribution in [-0.4, -0.2) is 25.1 Å². The topological polar surface area (TPSA) is 35.5 Å². The molecule has 0 aromatic heterocycles. The van der Waals surface area contributed by atoms with Crippen molar-refractivity contribution in [1.82, 2.24) is 0 Å². The van der Waals surface area contributed by atoms with Crippen molar-refractivity contribution >= 4 is 5.97 Å². The molecule has 0 aliphatic rings. The van der Waals surface area contributed by atoms with Crippen LogP contribution in [0.2, 0.25) is 0 Å². The molecule has 3 nitrogen and oxygen atoms in total. The third-order valence-electron chi connectivity index (χ3n) is 2.31. The Morgan fingerprint density at radius 2 is 1.83 bits per heavy atom. The summed E-state index contributed by atoms with van der Waals surface area (Å²) in [6.45, 7) is 3.06. The van der Waals surface area contributed by atoms with Gasteiger partial charge in [-0.15, -0.1) is 0 Å². The number of carbonyl (C=O) groups is 1. The van der Waals surface area contributed by atoms with E-state index < -0.39 is 18.0 Å². The number of halogens is 2. The number of esters is 1. The maximum Gasteiger partial charge on any atom is 0.380 e. The first-order valence-corrected chi connectivity index (χ1v) is 5.75. The Bertz CT molecular complexity index is 379. The zero-order chi connectivity index (χ0) is 13.6. The van der Waals surface area contributed by atoms with Crippen molar-refractivity contribution in [2.24, 2.45) is 0 Å². The molecule has 5 heteroatoms. The first-order chi connectivity index (χ1) is 8.54. The molecule has 0 fully saturated rings. The van der Waals surface area contributed by atoms with E-state index in [0.717, 1.165) is 0 Å². The molecule has 0 heterocycles. The van der Waals surface area contributed by atoms with Crippen LogP contribution in [0.1, 0.15) is 25.5 Å². The minimum absolute atomic E-state index is 0.0779. The Morgan fingerprint density at radius 3 is 2.33 bits per heavy atom. The van der Waals surface area contributed by atoms with Gasteiger partial charge in [0.15, 0.2) is 6.10 Å². The van der Waals surface area contributed by atoms with Gasteiger partial charge in [0.2, 0.25) is 0 Å². The summed E-state index contributed by atoms with van der Waals surface area (Å²) in [6.07, 6.45) is -1.62. The normalized spacial score (nSPS) is 13.1. The van der Waals surface area contributed by atoms with Crippen LogP contribution in [-0.2, 0) is 14.3 Å². The Morgan fingerprint density at radius 1 is 1.22 bits per heavy atom. The highest BCUT2D eigenvalue weighted by molar-refractivity contribution is 5.78. The van der Waals surface area contributed by atoms with Gasteiger partial charge in [0.1, 0.15) is 0 Å². The van der Waals surface area contributed by atoms with Crippen LogP contribution in [0, 0.1) is 0 Å². The Labute approximate surface area is 105 Å². The van der Waals surface area contributed by atoms with E-state index in [1.807, 2.05) is 0 Å². The Hall–Kier alpha value is -1.49. The molecule has 1 unspecified atom stereocenters. The number of benzene rings is 1. The predicted octanol–water partition coefficient (Wildman–Crippen LogP) is 2.96. The zero-order valence-electron chi connectivity index (χ0n) is 10.4. The van der Waals surface area contributed by atoms with E-state index in [1.165, 1.54) is 19.1 Å².